The number of urea groups is 1. The standard InChI is InChI=1S/C19H30N4O/c1-21-13-15-22(16-14-21)12-10-18-9-5-6-11-23(18)19(24)20-17-7-3-2-4-8-17/h2-4,7-8,18H,5-6,9-16H2,1H3,(H,20,24)/t18-/m1/s1. The molecule has 1 aromatic rings. The molecular formula is C19H30N4O. The summed E-state index contributed by atoms with van der Waals surface area (Å²) >= 11 is 0. The lowest BCUT2D eigenvalue weighted by Gasteiger charge is -2.38. The predicted octanol–water partition coefficient (Wildman–Crippen LogP) is 2.71. The molecule has 1 atom stereocenters. The van der Waals surface area contributed by atoms with Gasteiger partial charge in [-0.2, -0.15) is 0 Å². The lowest BCUT2D eigenvalue weighted by molar-refractivity contribution is 0.122. The van der Waals surface area contributed by atoms with Crippen molar-refractivity contribution in [1.29, 1.82) is 0 Å². The minimum Gasteiger partial charge on any atom is -0.322 e. The van der Waals surface area contributed by atoms with E-state index in [-0.39, 0.29) is 6.03 Å². The summed E-state index contributed by atoms with van der Waals surface area (Å²) in [4.78, 5) is 19.7. The molecule has 0 aromatic heterocycles. The molecular weight excluding hydrogens is 300 g/mol. The van der Waals surface area contributed by atoms with Crippen LogP contribution in [-0.4, -0.2) is 73.1 Å². The van der Waals surface area contributed by atoms with Gasteiger partial charge < -0.3 is 20.0 Å². The van der Waals surface area contributed by atoms with Crippen molar-refractivity contribution in [3.05, 3.63) is 30.3 Å². The molecule has 5 nitrogen and oxygen atoms in total. The first-order valence-corrected chi connectivity index (χ1v) is 9.26. The second-order valence-corrected chi connectivity index (χ2v) is 7.07. The first kappa shape index (κ1) is 17.2. The van der Waals surface area contributed by atoms with Gasteiger partial charge in [0.2, 0.25) is 0 Å². The maximum absolute atomic E-state index is 12.7. The molecule has 1 N–H and O–H groups in total. The van der Waals surface area contributed by atoms with Gasteiger partial charge in [0.05, 0.1) is 0 Å². The Morgan fingerprint density at radius 2 is 1.83 bits per heavy atom. The van der Waals surface area contributed by atoms with E-state index in [1.54, 1.807) is 0 Å². The molecule has 0 aliphatic carbocycles. The van der Waals surface area contributed by atoms with Gasteiger partial charge in [-0.3, -0.25) is 0 Å². The first-order valence-electron chi connectivity index (χ1n) is 9.26. The van der Waals surface area contributed by atoms with E-state index in [2.05, 4.69) is 27.1 Å². The largest absolute Gasteiger partial charge is 0.322 e. The topological polar surface area (TPSA) is 38.8 Å². The van der Waals surface area contributed by atoms with Crippen LogP contribution in [0.2, 0.25) is 0 Å². The van der Waals surface area contributed by atoms with Crippen LogP contribution < -0.4 is 5.32 Å². The fraction of sp³-hybridized carbons (Fsp3) is 0.632. The highest BCUT2D eigenvalue weighted by molar-refractivity contribution is 5.89. The number of nitrogens with one attached hydrogen (secondary N) is 1. The molecule has 1 aromatic carbocycles. The number of nitrogens with zero attached hydrogens (tertiary/aromatic N) is 3. The van der Waals surface area contributed by atoms with E-state index < -0.39 is 0 Å². The molecule has 24 heavy (non-hydrogen) atoms. The van der Waals surface area contributed by atoms with Crippen molar-refractivity contribution in [2.75, 3.05) is 51.6 Å². The number of carbonyl (C=O) groups excluding carboxylic acids is 1. The SMILES string of the molecule is CN1CCN(CC[C@H]2CCCCN2C(=O)Nc2ccccc2)CC1. The number of benzene rings is 1. The summed E-state index contributed by atoms with van der Waals surface area (Å²) in [5.41, 5.74) is 0.880. The summed E-state index contributed by atoms with van der Waals surface area (Å²) in [5, 5.41) is 3.05. The van der Waals surface area contributed by atoms with Crippen molar-refractivity contribution >= 4 is 11.7 Å². The lowest BCUT2D eigenvalue weighted by atomic mass is 9.99. The number of amides is 2. The molecule has 2 amide bonds. The van der Waals surface area contributed by atoms with Crippen LogP contribution in [0, 0.1) is 0 Å². The molecule has 0 bridgehead atoms. The third-order valence-corrected chi connectivity index (χ3v) is 5.29. The van der Waals surface area contributed by atoms with E-state index in [0.717, 1.165) is 64.2 Å². The van der Waals surface area contributed by atoms with Gasteiger partial charge in [0.15, 0.2) is 0 Å². The van der Waals surface area contributed by atoms with Crippen LogP contribution in [0.5, 0.6) is 0 Å². The normalized spacial score (nSPS) is 23.2. The average molecular weight is 330 g/mol. The van der Waals surface area contributed by atoms with Crippen LogP contribution in [0.4, 0.5) is 10.5 Å². The van der Waals surface area contributed by atoms with Crippen molar-refractivity contribution in [2.45, 2.75) is 31.7 Å². The molecule has 0 spiro atoms. The minimum atomic E-state index is 0.0595. The summed E-state index contributed by atoms with van der Waals surface area (Å²) in [6.45, 7) is 6.60. The molecule has 2 aliphatic heterocycles. The van der Waals surface area contributed by atoms with Gasteiger partial charge >= 0.3 is 6.03 Å². The molecule has 0 radical (unpaired) electrons. The Kier molecular flexibility index (Phi) is 6.10. The maximum atomic E-state index is 12.7. The highest BCUT2D eigenvalue weighted by Gasteiger charge is 2.27. The number of carbonyl (C=O) groups is 1. The number of hydrogen-bond acceptors (Lipinski definition) is 3. The van der Waals surface area contributed by atoms with E-state index >= 15 is 0 Å². The number of hydrogen-bond donors (Lipinski definition) is 1. The van der Waals surface area contributed by atoms with E-state index in [4.69, 9.17) is 0 Å². The van der Waals surface area contributed by atoms with Crippen molar-refractivity contribution in [1.82, 2.24) is 14.7 Å². The zero-order valence-corrected chi connectivity index (χ0v) is 14.8. The van der Waals surface area contributed by atoms with Crippen LogP contribution in [0.15, 0.2) is 30.3 Å². The van der Waals surface area contributed by atoms with Crippen LogP contribution in [0.25, 0.3) is 0 Å². The zero-order chi connectivity index (χ0) is 16.8. The third kappa shape index (κ3) is 4.71. The van der Waals surface area contributed by atoms with Crippen LogP contribution >= 0.6 is 0 Å². The molecule has 2 aliphatic rings. The molecule has 3 rings (SSSR count). The minimum absolute atomic E-state index is 0.0595. The predicted molar refractivity (Wildman–Crippen MR) is 98.4 cm³/mol. The van der Waals surface area contributed by atoms with Crippen LogP contribution in [0.3, 0.4) is 0 Å². The monoisotopic (exact) mass is 330 g/mol. The molecule has 132 valence electrons. The van der Waals surface area contributed by atoms with Gasteiger partial charge in [0, 0.05) is 51.0 Å². The van der Waals surface area contributed by atoms with Crippen molar-refractivity contribution in [2.24, 2.45) is 0 Å². The molecule has 2 heterocycles. The number of para-hydroxylation sites is 1. The van der Waals surface area contributed by atoms with Crippen molar-refractivity contribution in [3.63, 3.8) is 0 Å². The fourth-order valence-electron chi connectivity index (χ4n) is 3.69. The zero-order valence-electron chi connectivity index (χ0n) is 14.8. The summed E-state index contributed by atoms with van der Waals surface area (Å²) < 4.78 is 0. The summed E-state index contributed by atoms with van der Waals surface area (Å²) in [7, 11) is 2.19. The van der Waals surface area contributed by atoms with E-state index in [1.165, 1.54) is 6.42 Å². The van der Waals surface area contributed by atoms with Gasteiger partial charge in [-0.25, -0.2) is 4.79 Å². The number of piperidine rings is 1. The third-order valence-electron chi connectivity index (χ3n) is 5.29. The Hall–Kier alpha value is -1.59. The van der Waals surface area contributed by atoms with E-state index in [9.17, 15) is 4.79 Å². The summed E-state index contributed by atoms with van der Waals surface area (Å²) in [6, 6.07) is 10.2. The molecule has 5 heteroatoms. The van der Waals surface area contributed by atoms with Crippen LogP contribution in [0.1, 0.15) is 25.7 Å². The lowest BCUT2D eigenvalue weighted by Crippen LogP contribution is -2.49. The van der Waals surface area contributed by atoms with Gasteiger partial charge in [-0.1, -0.05) is 18.2 Å². The Bertz CT molecular complexity index is 513. The average Bonchev–Trinajstić information content (AvgIpc) is 2.62. The smallest absolute Gasteiger partial charge is 0.322 e. The first-order chi connectivity index (χ1) is 11.7. The quantitative estimate of drug-likeness (QED) is 0.922. The van der Waals surface area contributed by atoms with Gasteiger partial charge in [0.25, 0.3) is 0 Å². The Morgan fingerprint density at radius 1 is 1.08 bits per heavy atom. The van der Waals surface area contributed by atoms with E-state index in [1.807, 2.05) is 30.3 Å². The van der Waals surface area contributed by atoms with Crippen molar-refractivity contribution < 1.29 is 4.79 Å². The van der Waals surface area contributed by atoms with Crippen LogP contribution in [-0.2, 0) is 0 Å². The molecule has 0 unspecified atom stereocenters. The maximum Gasteiger partial charge on any atom is 0.322 e. The van der Waals surface area contributed by atoms with Gasteiger partial charge in [-0.05, 0) is 44.9 Å². The second-order valence-electron chi connectivity index (χ2n) is 7.07. The Morgan fingerprint density at radius 3 is 2.58 bits per heavy atom. The Balaban J connectivity index is 1.52. The second kappa shape index (κ2) is 8.49. The molecule has 2 fully saturated rings. The number of anilines is 1. The van der Waals surface area contributed by atoms with Crippen molar-refractivity contribution in [3.8, 4) is 0 Å². The van der Waals surface area contributed by atoms with Gasteiger partial charge in [-0.15, -0.1) is 0 Å². The van der Waals surface area contributed by atoms with Gasteiger partial charge in [0.1, 0.15) is 0 Å². The number of rotatable bonds is 4. The Labute approximate surface area is 145 Å². The number of piperazine rings is 1. The highest BCUT2D eigenvalue weighted by atomic mass is 16.2. The number of likely N-dealkylation sites (tertiary alicyclic amines) is 1. The summed E-state index contributed by atoms with van der Waals surface area (Å²) in [5.74, 6) is 0. The summed E-state index contributed by atoms with van der Waals surface area (Å²) in [6.07, 6.45) is 4.58. The molecule has 0 saturated carbocycles. The van der Waals surface area contributed by atoms with E-state index in [0.29, 0.717) is 6.04 Å². The molecule has 2 saturated heterocycles. The number of likely N-dealkylation sites (N-methyl/N-ethyl adjacent to an activating group) is 1. The fourth-order valence-corrected chi connectivity index (χ4v) is 3.69. The highest BCUT2D eigenvalue weighted by Crippen LogP contribution is 2.21.